The number of anilines is 2. The molecular formula is C15H15N7O2. The standard InChI is InChI=1S/C15H15N7O2/c1-9-4-3-5-10(6-9)20-14(23)11(7-16)21-22-13-12(15(24)17-2)18-8-19-13/h3-6,8,22H,1-2H3,(H,17,24)(H,18,19)(H,20,23)/b21-11+. The molecule has 1 aromatic heterocycles. The Bertz CT molecular complexity index is 832. The number of nitriles is 1. The summed E-state index contributed by atoms with van der Waals surface area (Å²) >= 11 is 0. The number of nitrogens with zero attached hydrogens (tertiary/aromatic N) is 3. The van der Waals surface area contributed by atoms with Crippen molar-refractivity contribution in [3.63, 3.8) is 0 Å². The SMILES string of the molecule is CNC(=O)c1[nH]cnc1N/N=C(\C#N)C(=O)Nc1cccc(C)c1. The Labute approximate surface area is 137 Å². The van der Waals surface area contributed by atoms with Crippen LogP contribution in [-0.2, 0) is 4.79 Å². The van der Waals surface area contributed by atoms with E-state index in [4.69, 9.17) is 5.26 Å². The number of aryl methyl sites for hydroxylation is 1. The highest BCUT2D eigenvalue weighted by atomic mass is 16.2. The van der Waals surface area contributed by atoms with Crippen molar-refractivity contribution in [2.75, 3.05) is 17.8 Å². The van der Waals surface area contributed by atoms with Gasteiger partial charge in [-0.15, -0.1) is 0 Å². The monoisotopic (exact) mass is 325 g/mol. The summed E-state index contributed by atoms with van der Waals surface area (Å²) < 4.78 is 0. The number of carbonyl (C=O) groups excluding carboxylic acids is 2. The van der Waals surface area contributed by atoms with Crippen LogP contribution < -0.4 is 16.1 Å². The van der Waals surface area contributed by atoms with E-state index in [0.717, 1.165) is 5.56 Å². The van der Waals surface area contributed by atoms with Crippen LogP contribution in [0, 0.1) is 18.3 Å². The molecule has 2 amide bonds. The van der Waals surface area contributed by atoms with Gasteiger partial charge in [0.25, 0.3) is 11.8 Å². The highest BCUT2D eigenvalue weighted by molar-refractivity contribution is 6.48. The fraction of sp³-hybridized carbons (Fsp3) is 0.133. The maximum atomic E-state index is 12.1. The normalized spacial score (nSPS) is 10.6. The predicted octanol–water partition coefficient (Wildman–Crippen LogP) is 1.01. The Morgan fingerprint density at radius 2 is 2.17 bits per heavy atom. The predicted molar refractivity (Wildman–Crippen MR) is 88.5 cm³/mol. The molecule has 9 nitrogen and oxygen atoms in total. The number of nitrogens with one attached hydrogen (secondary N) is 4. The third-order valence-electron chi connectivity index (χ3n) is 2.96. The Balaban J connectivity index is 2.12. The van der Waals surface area contributed by atoms with Gasteiger partial charge in [-0.05, 0) is 24.6 Å². The lowest BCUT2D eigenvalue weighted by molar-refractivity contribution is -0.110. The molecule has 2 aromatic rings. The summed E-state index contributed by atoms with van der Waals surface area (Å²) in [6.45, 7) is 1.88. The third-order valence-corrected chi connectivity index (χ3v) is 2.96. The molecule has 4 N–H and O–H groups in total. The summed E-state index contributed by atoms with van der Waals surface area (Å²) in [7, 11) is 1.46. The molecule has 0 aliphatic rings. The molecule has 0 aliphatic heterocycles. The molecule has 2 rings (SSSR count). The Hall–Kier alpha value is -3.67. The number of imidazole rings is 1. The summed E-state index contributed by atoms with van der Waals surface area (Å²) in [4.78, 5) is 30.2. The number of carbonyl (C=O) groups is 2. The lowest BCUT2D eigenvalue weighted by atomic mass is 10.2. The first-order valence-electron chi connectivity index (χ1n) is 6.92. The number of amides is 2. The van der Waals surface area contributed by atoms with E-state index in [2.05, 4.69) is 31.1 Å². The quantitative estimate of drug-likeness (QED) is 0.480. The maximum absolute atomic E-state index is 12.1. The molecule has 1 heterocycles. The Kier molecular flexibility index (Phi) is 5.25. The molecule has 24 heavy (non-hydrogen) atoms. The van der Waals surface area contributed by atoms with Gasteiger partial charge in [-0.3, -0.25) is 15.0 Å². The number of aromatic amines is 1. The number of rotatable bonds is 5. The van der Waals surface area contributed by atoms with Gasteiger partial charge in [0, 0.05) is 12.7 Å². The van der Waals surface area contributed by atoms with Gasteiger partial charge in [0.15, 0.2) is 5.82 Å². The minimum absolute atomic E-state index is 0.102. The van der Waals surface area contributed by atoms with Crippen LogP contribution in [-0.4, -0.2) is 34.5 Å². The van der Waals surface area contributed by atoms with Crippen LogP contribution in [0.25, 0.3) is 0 Å². The lowest BCUT2D eigenvalue weighted by Gasteiger charge is -2.05. The van der Waals surface area contributed by atoms with Crippen molar-refractivity contribution in [2.45, 2.75) is 6.92 Å². The molecule has 0 aliphatic carbocycles. The minimum atomic E-state index is -0.673. The largest absolute Gasteiger partial charge is 0.354 e. The molecule has 0 unspecified atom stereocenters. The number of hydrazone groups is 1. The average molecular weight is 325 g/mol. The summed E-state index contributed by atoms with van der Waals surface area (Å²) in [5, 5.41) is 17.8. The fourth-order valence-corrected chi connectivity index (χ4v) is 1.83. The smallest absolute Gasteiger partial charge is 0.287 e. The van der Waals surface area contributed by atoms with Gasteiger partial charge in [-0.1, -0.05) is 12.1 Å². The molecule has 0 radical (unpaired) electrons. The van der Waals surface area contributed by atoms with Crippen LogP contribution in [0.1, 0.15) is 16.1 Å². The van der Waals surface area contributed by atoms with Crippen LogP contribution in [0.15, 0.2) is 35.7 Å². The van der Waals surface area contributed by atoms with E-state index >= 15 is 0 Å². The van der Waals surface area contributed by atoms with Gasteiger partial charge >= 0.3 is 0 Å². The van der Waals surface area contributed by atoms with E-state index in [0.29, 0.717) is 5.69 Å². The summed E-state index contributed by atoms with van der Waals surface area (Å²) in [5.41, 5.74) is 3.69. The van der Waals surface area contributed by atoms with Crippen LogP contribution in [0.3, 0.4) is 0 Å². The van der Waals surface area contributed by atoms with Gasteiger partial charge in [-0.2, -0.15) is 10.4 Å². The zero-order valence-corrected chi connectivity index (χ0v) is 13.0. The molecule has 0 saturated heterocycles. The van der Waals surface area contributed by atoms with Crippen molar-refractivity contribution in [3.05, 3.63) is 41.9 Å². The first-order chi connectivity index (χ1) is 11.5. The van der Waals surface area contributed by atoms with Gasteiger partial charge in [0.2, 0.25) is 5.71 Å². The van der Waals surface area contributed by atoms with Gasteiger partial charge in [-0.25, -0.2) is 4.98 Å². The lowest BCUT2D eigenvalue weighted by Crippen LogP contribution is -2.23. The molecule has 0 spiro atoms. The number of hydrogen-bond acceptors (Lipinski definition) is 6. The zero-order valence-electron chi connectivity index (χ0n) is 13.0. The van der Waals surface area contributed by atoms with Gasteiger partial charge < -0.3 is 15.6 Å². The van der Waals surface area contributed by atoms with Crippen LogP contribution >= 0.6 is 0 Å². The zero-order chi connectivity index (χ0) is 17.5. The first kappa shape index (κ1) is 16.7. The molecule has 0 bridgehead atoms. The highest BCUT2D eigenvalue weighted by Crippen LogP contribution is 2.11. The summed E-state index contributed by atoms with van der Waals surface area (Å²) in [6.07, 6.45) is 1.29. The number of aromatic nitrogens is 2. The van der Waals surface area contributed by atoms with E-state index in [1.54, 1.807) is 24.3 Å². The molecule has 0 atom stereocenters. The van der Waals surface area contributed by atoms with Crippen molar-refractivity contribution >= 4 is 29.0 Å². The number of hydrogen-bond donors (Lipinski definition) is 4. The van der Waals surface area contributed by atoms with Crippen LogP contribution in [0.4, 0.5) is 11.5 Å². The highest BCUT2D eigenvalue weighted by Gasteiger charge is 2.15. The second-order valence-corrected chi connectivity index (χ2v) is 4.71. The van der Waals surface area contributed by atoms with Gasteiger partial charge in [0.1, 0.15) is 11.8 Å². The molecule has 0 saturated carbocycles. The minimum Gasteiger partial charge on any atom is -0.354 e. The first-order valence-corrected chi connectivity index (χ1v) is 6.92. The van der Waals surface area contributed by atoms with E-state index in [9.17, 15) is 9.59 Å². The van der Waals surface area contributed by atoms with Crippen LogP contribution in [0.5, 0.6) is 0 Å². The molecule has 9 heteroatoms. The second kappa shape index (κ2) is 7.55. The van der Waals surface area contributed by atoms with Crippen molar-refractivity contribution in [1.82, 2.24) is 15.3 Å². The Morgan fingerprint density at radius 3 is 2.83 bits per heavy atom. The molecule has 122 valence electrons. The maximum Gasteiger partial charge on any atom is 0.287 e. The van der Waals surface area contributed by atoms with E-state index in [1.165, 1.54) is 13.4 Å². The fourth-order valence-electron chi connectivity index (χ4n) is 1.83. The van der Waals surface area contributed by atoms with E-state index < -0.39 is 17.5 Å². The second-order valence-electron chi connectivity index (χ2n) is 4.71. The third kappa shape index (κ3) is 3.95. The summed E-state index contributed by atoms with van der Waals surface area (Å²) in [6, 6.07) is 8.83. The van der Waals surface area contributed by atoms with E-state index in [1.807, 2.05) is 13.0 Å². The topological polar surface area (TPSA) is 135 Å². The van der Waals surface area contributed by atoms with Crippen molar-refractivity contribution < 1.29 is 9.59 Å². The van der Waals surface area contributed by atoms with Gasteiger partial charge in [0.05, 0.1) is 6.33 Å². The Morgan fingerprint density at radius 1 is 1.38 bits per heavy atom. The summed E-state index contributed by atoms with van der Waals surface area (Å²) in [5.74, 6) is -0.981. The van der Waals surface area contributed by atoms with Crippen molar-refractivity contribution in [1.29, 1.82) is 5.26 Å². The number of benzene rings is 1. The van der Waals surface area contributed by atoms with E-state index in [-0.39, 0.29) is 11.5 Å². The average Bonchev–Trinajstić information content (AvgIpc) is 3.03. The van der Waals surface area contributed by atoms with Crippen LogP contribution in [0.2, 0.25) is 0 Å². The van der Waals surface area contributed by atoms with Crippen molar-refractivity contribution in [2.24, 2.45) is 5.10 Å². The number of H-pyrrole nitrogens is 1. The van der Waals surface area contributed by atoms with Crippen molar-refractivity contribution in [3.8, 4) is 6.07 Å². The molecular weight excluding hydrogens is 310 g/mol. The molecule has 1 aromatic carbocycles. The molecule has 0 fully saturated rings.